The van der Waals surface area contributed by atoms with Crippen LogP contribution in [0.15, 0.2) is 21.7 Å². The van der Waals surface area contributed by atoms with E-state index in [0.29, 0.717) is 22.9 Å². The van der Waals surface area contributed by atoms with Crippen molar-refractivity contribution in [3.05, 3.63) is 22.2 Å². The third kappa shape index (κ3) is 2.86. The first-order valence-corrected chi connectivity index (χ1v) is 8.53. The fourth-order valence-electron chi connectivity index (χ4n) is 3.17. The second-order valence-corrected chi connectivity index (χ2v) is 6.90. The summed E-state index contributed by atoms with van der Waals surface area (Å²) in [7, 11) is 1.44. The van der Waals surface area contributed by atoms with Crippen LogP contribution in [0.2, 0.25) is 0 Å². The first-order chi connectivity index (χ1) is 11.5. The molecular formula is C16H18BrN3O4. The van der Waals surface area contributed by atoms with Crippen LogP contribution < -0.4 is 10.1 Å². The van der Waals surface area contributed by atoms with Crippen LogP contribution in [-0.2, 0) is 4.79 Å². The number of hydrogen-bond donors (Lipinski definition) is 2. The van der Waals surface area contributed by atoms with Crippen LogP contribution in [0.4, 0.5) is 4.79 Å². The van der Waals surface area contributed by atoms with Gasteiger partial charge in [0.15, 0.2) is 11.5 Å². The zero-order valence-corrected chi connectivity index (χ0v) is 14.8. The van der Waals surface area contributed by atoms with E-state index in [1.807, 2.05) is 0 Å². The molecule has 1 saturated carbocycles. The van der Waals surface area contributed by atoms with Crippen molar-refractivity contribution < 1.29 is 19.4 Å². The molecule has 1 aliphatic heterocycles. The lowest BCUT2D eigenvalue weighted by atomic mass is 9.82. The van der Waals surface area contributed by atoms with Gasteiger partial charge in [0.05, 0.1) is 13.3 Å². The summed E-state index contributed by atoms with van der Waals surface area (Å²) in [5.74, 6) is -0.166. The Kier molecular flexibility index (Phi) is 4.49. The number of carbonyl (C=O) groups is 2. The van der Waals surface area contributed by atoms with E-state index in [-0.39, 0.29) is 17.4 Å². The van der Waals surface area contributed by atoms with E-state index in [1.165, 1.54) is 13.3 Å². The number of halogens is 1. The van der Waals surface area contributed by atoms with Gasteiger partial charge in [0, 0.05) is 10.0 Å². The van der Waals surface area contributed by atoms with Crippen molar-refractivity contribution in [3.8, 4) is 11.5 Å². The van der Waals surface area contributed by atoms with Crippen molar-refractivity contribution in [2.75, 3.05) is 7.11 Å². The number of hydrogen-bond acceptors (Lipinski definition) is 5. The summed E-state index contributed by atoms with van der Waals surface area (Å²) in [4.78, 5) is 24.8. The van der Waals surface area contributed by atoms with Crippen LogP contribution >= 0.6 is 15.9 Å². The summed E-state index contributed by atoms with van der Waals surface area (Å²) in [6.07, 6.45) is 5.45. The number of carbonyl (C=O) groups excluding carboxylic acids is 2. The minimum atomic E-state index is -0.816. The third-order valence-electron chi connectivity index (χ3n) is 4.45. The van der Waals surface area contributed by atoms with E-state index in [9.17, 15) is 14.7 Å². The highest BCUT2D eigenvalue weighted by Gasteiger charge is 2.51. The number of phenolic OH excluding ortho intramolecular Hbond substituents is 1. The van der Waals surface area contributed by atoms with Gasteiger partial charge < -0.3 is 15.2 Å². The topological polar surface area (TPSA) is 91.2 Å². The van der Waals surface area contributed by atoms with Gasteiger partial charge in [0.1, 0.15) is 5.54 Å². The Morgan fingerprint density at radius 2 is 2.04 bits per heavy atom. The summed E-state index contributed by atoms with van der Waals surface area (Å²) >= 11 is 3.31. The van der Waals surface area contributed by atoms with Crippen molar-refractivity contribution in [1.82, 2.24) is 10.3 Å². The number of ether oxygens (including phenoxy) is 1. The van der Waals surface area contributed by atoms with Crippen LogP contribution in [0.5, 0.6) is 11.5 Å². The molecule has 1 aromatic carbocycles. The average molecular weight is 396 g/mol. The molecule has 0 bridgehead atoms. The number of urea groups is 1. The number of aromatic hydroxyl groups is 1. The fourth-order valence-corrected chi connectivity index (χ4v) is 3.63. The van der Waals surface area contributed by atoms with Crippen LogP contribution in [-0.4, -0.2) is 40.9 Å². The molecule has 0 unspecified atom stereocenters. The molecule has 0 aromatic heterocycles. The number of rotatable bonds is 3. The predicted molar refractivity (Wildman–Crippen MR) is 91.1 cm³/mol. The summed E-state index contributed by atoms with van der Waals surface area (Å²) in [5, 5.41) is 17.7. The van der Waals surface area contributed by atoms with Crippen LogP contribution in [0.3, 0.4) is 0 Å². The van der Waals surface area contributed by atoms with Crippen molar-refractivity contribution in [2.45, 2.75) is 37.6 Å². The molecule has 1 heterocycles. The molecule has 0 radical (unpaired) electrons. The third-order valence-corrected chi connectivity index (χ3v) is 4.91. The van der Waals surface area contributed by atoms with Gasteiger partial charge in [-0.1, -0.05) is 35.2 Å². The number of methoxy groups -OCH3 is 1. The van der Waals surface area contributed by atoms with Gasteiger partial charge in [-0.05, 0) is 25.0 Å². The van der Waals surface area contributed by atoms with Crippen LogP contribution in [0.25, 0.3) is 0 Å². The number of phenols is 1. The van der Waals surface area contributed by atoms with Crippen molar-refractivity contribution in [1.29, 1.82) is 0 Å². The zero-order valence-electron chi connectivity index (χ0n) is 13.2. The standard InChI is InChI=1S/C16H18BrN3O4/c1-24-12-8-11(17)7-10(13(12)21)9-18-20-14(22)16(19-15(20)23)5-3-2-4-6-16/h7-9,21H,2-6H2,1H3,(H,19,23)/b18-9+. The lowest BCUT2D eigenvalue weighted by molar-refractivity contribution is -0.132. The van der Waals surface area contributed by atoms with E-state index in [1.54, 1.807) is 12.1 Å². The summed E-state index contributed by atoms with van der Waals surface area (Å²) in [6, 6.07) is 2.70. The van der Waals surface area contributed by atoms with E-state index in [0.717, 1.165) is 24.3 Å². The van der Waals surface area contributed by atoms with E-state index < -0.39 is 11.6 Å². The minimum absolute atomic E-state index is 0.108. The summed E-state index contributed by atoms with van der Waals surface area (Å²) in [6.45, 7) is 0. The molecule has 1 aliphatic carbocycles. The predicted octanol–water partition coefficient (Wildman–Crippen LogP) is 2.75. The molecule has 2 aliphatic rings. The maximum absolute atomic E-state index is 12.6. The Labute approximate surface area is 147 Å². The molecule has 7 nitrogen and oxygen atoms in total. The van der Waals surface area contributed by atoms with Gasteiger partial charge >= 0.3 is 6.03 Å². The van der Waals surface area contributed by atoms with Gasteiger partial charge in [-0.2, -0.15) is 5.10 Å². The Bertz CT molecular complexity index is 714. The maximum Gasteiger partial charge on any atom is 0.346 e. The monoisotopic (exact) mass is 395 g/mol. The number of amides is 3. The summed E-state index contributed by atoms with van der Waals surface area (Å²) < 4.78 is 5.75. The molecule has 1 spiro atoms. The molecule has 128 valence electrons. The van der Waals surface area contributed by atoms with Gasteiger partial charge in [-0.25, -0.2) is 4.79 Å². The Morgan fingerprint density at radius 3 is 2.71 bits per heavy atom. The molecule has 1 saturated heterocycles. The second-order valence-electron chi connectivity index (χ2n) is 5.98. The Morgan fingerprint density at radius 1 is 1.33 bits per heavy atom. The molecule has 0 atom stereocenters. The number of nitrogens with zero attached hydrogens (tertiary/aromatic N) is 2. The molecule has 2 fully saturated rings. The lowest BCUT2D eigenvalue weighted by Crippen LogP contribution is -2.48. The maximum atomic E-state index is 12.6. The summed E-state index contributed by atoms with van der Waals surface area (Å²) in [5.41, 5.74) is -0.477. The average Bonchev–Trinajstić information content (AvgIpc) is 2.79. The van der Waals surface area contributed by atoms with Gasteiger partial charge in [-0.15, -0.1) is 5.01 Å². The van der Waals surface area contributed by atoms with Gasteiger partial charge in [0.2, 0.25) is 0 Å². The smallest absolute Gasteiger partial charge is 0.346 e. The number of benzene rings is 1. The Balaban J connectivity index is 1.86. The van der Waals surface area contributed by atoms with Crippen LogP contribution in [0, 0.1) is 0 Å². The van der Waals surface area contributed by atoms with Gasteiger partial charge in [0.25, 0.3) is 5.91 Å². The molecule has 8 heteroatoms. The largest absolute Gasteiger partial charge is 0.504 e. The highest BCUT2D eigenvalue weighted by Crippen LogP contribution is 2.35. The van der Waals surface area contributed by atoms with E-state index in [4.69, 9.17) is 4.74 Å². The van der Waals surface area contributed by atoms with Crippen molar-refractivity contribution in [2.24, 2.45) is 5.10 Å². The number of nitrogens with one attached hydrogen (secondary N) is 1. The van der Waals surface area contributed by atoms with Crippen molar-refractivity contribution >= 4 is 34.1 Å². The SMILES string of the molecule is COc1cc(Br)cc(/C=N/N2C(=O)NC3(CCCCC3)C2=O)c1O. The highest BCUT2D eigenvalue weighted by molar-refractivity contribution is 9.10. The highest BCUT2D eigenvalue weighted by atomic mass is 79.9. The second kappa shape index (κ2) is 6.43. The molecule has 3 amide bonds. The lowest BCUT2D eigenvalue weighted by Gasteiger charge is -2.29. The zero-order chi connectivity index (χ0) is 17.3. The molecule has 2 N–H and O–H groups in total. The van der Waals surface area contributed by atoms with Crippen LogP contribution in [0.1, 0.15) is 37.7 Å². The number of imide groups is 1. The van der Waals surface area contributed by atoms with E-state index >= 15 is 0 Å². The molecule has 1 aromatic rings. The first kappa shape index (κ1) is 16.8. The molecule has 3 rings (SSSR count). The Hall–Kier alpha value is -2.09. The fraction of sp³-hybridized carbons (Fsp3) is 0.438. The molecule has 24 heavy (non-hydrogen) atoms. The minimum Gasteiger partial charge on any atom is -0.504 e. The van der Waals surface area contributed by atoms with Crippen molar-refractivity contribution in [3.63, 3.8) is 0 Å². The number of hydrazone groups is 1. The van der Waals surface area contributed by atoms with Gasteiger partial charge in [-0.3, -0.25) is 4.79 Å². The van der Waals surface area contributed by atoms with E-state index in [2.05, 4.69) is 26.3 Å². The first-order valence-electron chi connectivity index (χ1n) is 7.74. The molecular weight excluding hydrogens is 378 g/mol. The quantitative estimate of drug-likeness (QED) is 0.607. The normalized spacial score (nSPS) is 20.0.